The van der Waals surface area contributed by atoms with Crippen molar-refractivity contribution in [3.8, 4) is 11.5 Å². The van der Waals surface area contributed by atoms with Crippen molar-refractivity contribution in [2.45, 2.75) is 52.7 Å². The number of hydrogen-bond donors (Lipinski definition) is 0. The molecule has 0 spiro atoms. The van der Waals surface area contributed by atoms with Gasteiger partial charge in [0.2, 0.25) is 11.5 Å². The first-order valence-electron chi connectivity index (χ1n) is 5.22. The van der Waals surface area contributed by atoms with Crippen molar-refractivity contribution in [2.24, 2.45) is 0 Å². The predicted molar refractivity (Wildman–Crippen MR) is 62.1 cm³/mol. The Balaban J connectivity index is 3.00. The number of ether oxygens (including phenoxy) is 2. The highest BCUT2D eigenvalue weighted by molar-refractivity contribution is 5.46. The van der Waals surface area contributed by atoms with Crippen LogP contribution in [0.1, 0.15) is 41.5 Å². The standard InChI is InChI=1S/C12H18O4/c1-11(2,3)15-9-7(13)8(14)10(9)16-12(4,5)6/h1-6H3. The van der Waals surface area contributed by atoms with Gasteiger partial charge in [-0.3, -0.25) is 9.59 Å². The molecular formula is C12H18O4. The fourth-order valence-electron chi connectivity index (χ4n) is 1.15. The summed E-state index contributed by atoms with van der Waals surface area (Å²) in [5.41, 5.74) is -2.24. The summed E-state index contributed by atoms with van der Waals surface area (Å²) in [5.74, 6) is 0.0971. The van der Waals surface area contributed by atoms with Gasteiger partial charge in [-0.05, 0) is 41.5 Å². The van der Waals surface area contributed by atoms with Crippen molar-refractivity contribution < 1.29 is 9.47 Å². The molecule has 0 heterocycles. The van der Waals surface area contributed by atoms with Crippen LogP contribution in [0.15, 0.2) is 9.59 Å². The Morgan fingerprint density at radius 2 is 0.938 bits per heavy atom. The topological polar surface area (TPSA) is 52.6 Å². The second-order valence-electron chi connectivity index (χ2n) is 5.75. The van der Waals surface area contributed by atoms with Crippen LogP contribution < -0.4 is 20.3 Å². The molecule has 0 aromatic heterocycles. The van der Waals surface area contributed by atoms with E-state index in [2.05, 4.69) is 0 Å². The largest absolute Gasteiger partial charge is 0.480 e. The SMILES string of the molecule is CC(C)(C)Oc1c(OC(C)(C)C)c(=O)c1=O. The fourth-order valence-corrected chi connectivity index (χ4v) is 1.15. The molecule has 0 saturated heterocycles. The molecule has 0 N–H and O–H groups in total. The summed E-state index contributed by atoms with van der Waals surface area (Å²) in [4.78, 5) is 22.6. The molecule has 0 bridgehead atoms. The van der Waals surface area contributed by atoms with Gasteiger partial charge in [0.25, 0.3) is 10.9 Å². The Kier molecular flexibility index (Phi) is 2.88. The predicted octanol–water partition coefficient (Wildman–Crippen LogP) is 1.64. The average Bonchev–Trinajstić information content (AvgIpc) is 2.07. The van der Waals surface area contributed by atoms with Crippen molar-refractivity contribution in [3.63, 3.8) is 0 Å². The normalized spacial score (nSPS) is 12.9. The summed E-state index contributed by atoms with van der Waals surface area (Å²) in [7, 11) is 0. The second kappa shape index (κ2) is 3.61. The minimum Gasteiger partial charge on any atom is -0.480 e. The van der Waals surface area contributed by atoms with Crippen LogP contribution in [0.2, 0.25) is 0 Å². The lowest BCUT2D eigenvalue weighted by Crippen LogP contribution is -2.41. The van der Waals surface area contributed by atoms with E-state index in [1.807, 2.05) is 41.5 Å². The van der Waals surface area contributed by atoms with Crippen LogP contribution in [0.5, 0.6) is 11.5 Å². The minimum atomic E-state index is -0.603. The quantitative estimate of drug-likeness (QED) is 0.719. The lowest BCUT2D eigenvalue weighted by atomic mass is 10.1. The van der Waals surface area contributed by atoms with Gasteiger partial charge in [0.1, 0.15) is 11.2 Å². The molecule has 0 radical (unpaired) electrons. The summed E-state index contributed by atoms with van der Waals surface area (Å²) >= 11 is 0. The highest BCUT2D eigenvalue weighted by Gasteiger charge is 2.30. The monoisotopic (exact) mass is 226 g/mol. The molecule has 0 saturated carbocycles. The Labute approximate surface area is 94.9 Å². The first kappa shape index (κ1) is 12.7. The van der Waals surface area contributed by atoms with E-state index >= 15 is 0 Å². The Hall–Kier alpha value is -1.32. The molecule has 0 aliphatic rings. The average molecular weight is 226 g/mol. The maximum Gasteiger partial charge on any atom is 0.275 e. The van der Waals surface area contributed by atoms with Crippen LogP contribution >= 0.6 is 0 Å². The maximum atomic E-state index is 11.3. The summed E-state index contributed by atoms with van der Waals surface area (Å²) in [5, 5.41) is 0. The lowest BCUT2D eigenvalue weighted by Gasteiger charge is -2.27. The molecule has 4 nitrogen and oxygen atoms in total. The van der Waals surface area contributed by atoms with E-state index < -0.39 is 22.1 Å². The minimum absolute atomic E-state index is 0.0485. The molecule has 16 heavy (non-hydrogen) atoms. The zero-order chi connectivity index (χ0) is 12.7. The van der Waals surface area contributed by atoms with Crippen LogP contribution in [-0.4, -0.2) is 11.2 Å². The van der Waals surface area contributed by atoms with E-state index in [9.17, 15) is 9.59 Å². The van der Waals surface area contributed by atoms with E-state index in [1.165, 1.54) is 0 Å². The third-order valence-corrected chi connectivity index (χ3v) is 1.64. The summed E-state index contributed by atoms with van der Waals surface area (Å²) in [6, 6.07) is 0. The molecule has 0 aliphatic heterocycles. The molecule has 0 fully saturated rings. The number of hydrogen-bond acceptors (Lipinski definition) is 4. The van der Waals surface area contributed by atoms with Gasteiger partial charge in [0.15, 0.2) is 0 Å². The third-order valence-electron chi connectivity index (χ3n) is 1.64. The molecule has 0 amide bonds. The first-order chi connectivity index (χ1) is 7.01. The molecule has 0 unspecified atom stereocenters. The second-order valence-corrected chi connectivity index (χ2v) is 5.75. The van der Waals surface area contributed by atoms with Gasteiger partial charge >= 0.3 is 0 Å². The smallest absolute Gasteiger partial charge is 0.275 e. The van der Waals surface area contributed by atoms with E-state index in [0.29, 0.717) is 0 Å². The molecule has 90 valence electrons. The summed E-state index contributed by atoms with van der Waals surface area (Å²) in [6.07, 6.45) is 0. The van der Waals surface area contributed by atoms with Crippen molar-refractivity contribution >= 4 is 0 Å². The van der Waals surface area contributed by atoms with Crippen molar-refractivity contribution in [1.29, 1.82) is 0 Å². The Morgan fingerprint density at radius 1 is 0.688 bits per heavy atom. The number of rotatable bonds is 2. The van der Waals surface area contributed by atoms with Crippen LogP contribution in [0.3, 0.4) is 0 Å². The van der Waals surface area contributed by atoms with Gasteiger partial charge in [0, 0.05) is 0 Å². The molecule has 0 atom stereocenters. The van der Waals surface area contributed by atoms with E-state index in [-0.39, 0.29) is 11.5 Å². The highest BCUT2D eigenvalue weighted by Crippen LogP contribution is 2.27. The van der Waals surface area contributed by atoms with Crippen LogP contribution in [0.4, 0.5) is 0 Å². The van der Waals surface area contributed by atoms with Crippen LogP contribution in [0.25, 0.3) is 0 Å². The summed E-state index contributed by atoms with van der Waals surface area (Å²) < 4.78 is 10.8. The Bertz CT molecular complexity index is 407. The van der Waals surface area contributed by atoms with Crippen molar-refractivity contribution in [1.82, 2.24) is 0 Å². The summed E-state index contributed by atoms with van der Waals surface area (Å²) in [6.45, 7) is 10.9. The van der Waals surface area contributed by atoms with E-state index in [4.69, 9.17) is 9.47 Å². The molecular weight excluding hydrogens is 208 g/mol. The van der Waals surface area contributed by atoms with Crippen LogP contribution in [-0.2, 0) is 0 Å². The van der Waals surface area contributed by atoms with Gasteiger partial charge in [-0.25, -0.2) is 0 Å². The van der Waals surface area contributed by atoms with Gasteiger partial charge < -0.3 is 9.47 Å². The van der Waals surface area contributed by atoms with Gasteiger partial charge in [-0.2, -0.15) is 0 Å². The fraction of sp³-hybridized carbons (Fsp3) is 0.667. The van der Waals surface area contributed by atoms with Crippen molar-refractivity contribution in [3.05, 3.63) is 20.4 Å². The third kappa shape index (κ3) is 2.84. The zero-order valence-corrected chi connectivity index (χ0v) is 10.6. The maximum absolute atomic E-state index is 11.3. The van der Waals surface area contributed by atoms with Crippen molar-refractivity contribution in [2.75, 3.05) is 0 Å². The van der Waals surface area contributed by atoms with E-state index in [0.717, 1.165) is 0 Å². The zero-order valence-electron chi connectivity index (χ0n) is 10.6. The lowest BCUT2D eigenvalue weighted by molar-refractivity contribution is 0.0886. The molecule has 1 aromatic carbocycles. The van der Waals surface area contributed by atoms with E-state index in [1.54, 1.807) is 0 Å². The van der Waals surface area contributed by atoms with Gasteiger partial charge in [-0.15, -0.1) is 0 Å². The van der Waals surface area contributed by atoms with Gasteiger partial charge in [0.05, 0.1) is 0 Å². The van der Waals surface area contributed by atoms with Crippen LogP contribution in [0, 0.1) is 0 Å². The Morgan fingerprint density at radius 3 is 1.12 bits per heavy atom. The first-order valence-corrected chi connectivity index (χ1v) is 5.22. The molecule has 1 aromatic rings. The van der Waals surface area contributed by atoms with Gasteiger partial charge in [-0.1, -0.05) is 0 Å². The highest BCUT2D eigenvalue weighted by atomic mass is 16.5. The molecule has 4 heteroatoms. The molecule has 1 rings (SSSR count). The molecule has 0 aliphatic carbocycles.